The lowest BCUT2D eigenvalue weighted by Gasteiger charge is -2.11. The number of hydrogen-bond donors (Lipinski definition) is 0. The molecule has 0 aliphatic rings. The number of aryl methyl sites for hydroxylation is 2. The zero-order chi connectivity index (χ0) is 12.6. The third-order valence-corrected chi connectivity index (χ3v) is 6.62. The maximum atomic E-state index is 3.79. The third kappa shape index (κ3) is 3.03. The second-order valence-corrected chi connectivity index (χ2v) is 8.20. The Morgan fingerprint density at radius 2 is 1.76 bits per heavy atom. The summed E-state index contributed by atoms with van der Waals surface area (Å²) in [5.74, 6) is 0. The molecule has 0 fully saturated rings. The minimum absolute atomic E-state index is 0.269. The Morgan fingerprint density at radius 3 is 2.29 bits per heavy atom. The molecule has 17 heavy (non-hydrogen) atoms. The fourth-order valence-corrected chi connectivity index (χ4v) is 4.66. The molecule has 0 radical (unpaired) electrons. The van der Waals surface area contributed by atoms with Gasteiger partial charge in [-0.15, -0.1) is 11.3 Å². The summed E-state index contributed by atoms with van der Waals surface area (Å²) in [6.07, 6.45) is 0. The second-order valence-electron chi connectivity index (χ2n) is 3.97. The molecule has 1 aromatic carbocycles. The molecule has 0 spiro atoms. The van der Waals surface area contributed by atoms with Gasteiger partial charge in [0, 0.05) is 9.35 Å². The maximum Gasteiger partial charge on any atom is 0.0741 e. The van der Waals surface area contributed by atoms with Gasteiger partial charge < -0.3 is 0 Å². The van der Waals surface area contributed by atoms with Gasteiger partial charge in [-0.05, 0) is 64.7 Å². The molecule has 0 N–H and O–H groups in total. The van der Waals surface area contributed by atoms with Gasteiger partial charge in [0.15, 0.2) is 0 Å². The van der Waals surface area contributed by atoms with Crippen LogP contribution in [0.3, 0.4) is 0 Å². The summed E-state index contributed by atoms with van der Waals surface area (Å²) in [5.41, 5.74) is 3.91. The molecule has 4 heteroatoms. The Labute approximate surface area is 131 Å². The van der Waals surface area contributed by atoms with Gasteiger partial charge in [0.2, 0.25) is 0 Å². The van der Waals surface area contributed by atoms with Crippen molar-refractivity contribution in [1.29, 1.82) is 0 Å². The molecule has 0 amide bonds. The van der Waals surface area contributed by atoms with Crippen LogP contribution < -0.4 is 0 Å². The Hall–Kier alpha value is 0.360. The lowest BCUT2D eigenvalue weighted by Crippen LogP contribution is -1.93. The third-order valence-electron chi connectivity index (χ3n) is 2.63. The van der Waals surface area contributed by atoms with E-state index in [0.29, 0.717) is 0 Å². The first-order valence-corrected chi connectivity index (χ1v) is 8.47. The molecule has 0 bridgehead atoms. The monoisotopic (exact) mass is 436 g/mol. The molecular weight excluding hydrogens is 428 g/mol. The van der Waals surface area contributed by atoms with E-state index >= 15 is 0 Å². The van der Waals surface area contributed by atoms with Crippen LogP contribution >= 0.6 is 59.1 Å². The van der Waals surface area contributed by atoms with Crippen LogP contribution in [-0.2, 0) is 0 Å². The van der Waals surface area contributed by atoms with E-state index in [9.17, 15) is 0 Å². The summed E-state index contributed by atoms with van der Waals surface area (Å²) in [5, 5.41) is 0. The zero-order valence-electron chi connectivity index (χ0n) is 9.43. The van der Waals surface area contributed by atoms with Crippen LogP contribution in [0.1, 0.15) is 26.4 Å². The van der Waals surface area contributed by atoms with Crippen molar-refractivity contribution in [2.24, 2.45) is 0 Å². The number of thiophene rings is 1. The summed E-state index contributed by atoms with van der Waals surface area (Å²) in [7, 11) is 0. The molecule has 1 heterocycles. The van der Waals surface area contributed by atoms with Crippen LogP contribution in [0.5, 0.6) is 0 Å². The van der Waals surface area contributed by atoms with E-state index in [0.717, 1.165) is 4.47 Å². The lowest BCUT2D eigenvalue weighted by atomic mass is 10.0. The Kier molecular flexibility index (Phi) is 4.50. The van der Waals surface area contributed by atoms with Crippen molar-refractivity contribution in [2.45, 2.75) is 18.7 Å². The molecule has 1 atom stereocenters. The van der Waals surface area contributed by atoms with Crippen molar-refractivity contribution < 1.29 is 0 Å². The predicted octanol–water partition coefficient (Wildman–Crippen LogP) is 6.37. The van der Waals surface area contributed by atoms with E-state index in [2.05, 4.69) is 85.9 Å². The van der Waals surface area contributed by atoms with Crippen molar-refractivity contribution in [3.8, 4) is 0 Å². The molecule has 0 aliphatic carbocycles. The first-order chi connectivity index (χ1) is 7.99. The summed E-state index contributed by atoms with van der Waals surface area (Å²) in [4.78, 5) is 1.60. The van der Waals surface area contributed by atoms with E-state index < -0.39 is 0 Å². The highest BCUT2D eigenvalue weighted by Gasteiger charge is 2.16. The average Bonchev–Trinajstić information content (AvgIpc) is 2.58. The largest absolute Gasteiger partial charge is 0.131 e. The van der Waals surface area contributed by atoms with Crippen LogP contribution in [-0.4, -0.2) is 0 Å². The van der Waals surface area contributed by atoms with Crippen molar-refractivity contribution in [1.82, 2.24) is 0 Å². The van der Waals surface area contributed by atoms with Gasteiger partial charge >= 0.3 is 0 Å². The summed E-state index contributed by atoms with van der Waals surface area (Å²) >= 11 is 12.7. The summed E-state index contributed by atoms with van der Waals surface area (Å²) in [6.45, 7) is 4.27. The van der Waals surface area contributed by atoms with Crippen molar-refractivity contribution >= 4 is 59.1 Å². The molecule has 0 aliphatic heterocycles. The quantitative estimate of drug-likeness (QED) is 0.477. The number of hydrogen-bond acceptors (Lipinski definition) is 1. The highest BCUT2D eigenvalue weighted by molar-refractivity contribution is 9.11. The van der Waals surface area contributed by atoms with Gasteiger partial charge in [-0.1, -0.05) is 37.9 Å². The predicted molar refractivity (Wildman–Crippen MR) is 86.4 cm³/mol. The van der Waals surface area contributed by atoms with Crippen molar-refractivity contribution in [3.63, 3.8) is 0 Å². The van der Waals surface area contributed by atoms with Crippen LogP contribution in [0, 0.1) is 13.8 Å². The lowest BCUT2D eigenvalue weighted by molar-refractivity contribution is 1.17. The molecule has 1 unspecified atom stereocenters. The average molecular weight is 439 g/mol. The number of benzene rings is 1. The minimum atomic E-state index is 0.269. The van der Waals surface area contributed by atoms with Crippen LogP contribution in [0.4, 0.5) is 0 Å². The fourth-order valence-electron chi connectivity index (χ4n) is 1.69. The van der Waals surface area contributed by atoms with Gasteiger partial charge in [0.05, 0.1) is 8.61 Å². The number of alkyl halides is 1. The van der Waals surface area contributed by atoms with Crippen LogP contribution in [0.25, 0.3) is 0 Å². The smallest absolute Gasteiger partial charge is 0.0741 e. The molecule has 0 saturated heterocycles. The van der Waals surface area contributed by atoms with Gasteiger partial charge in [-0.25, -0.2) is 0 Å². The summed E-state index contributed by atoms with van der Waals surface area (Å²) < 4.78 is 2.34. The Bertz CT molecular complexity index is 526. The standard InChI is InChI=1S/C13H11Br3S/c1-7-5-9(14)3-4-10(7)12(15)11-6-8(2)13(16)17-11/h3-6,12H,1-2H3. The first-order valence-electron chi connectivity index (χ1n) is 5.15. The SMILES string of the molecule is Cc1cc(Br)ccc1C(Br)c1cc(C)c(Br)s1. The maximum absolute atomic E-state index is 3.79. The van der Waals surface area contributed by atoms with E-state index in [-0.39, 0.29) is 4.83 Å². The molecule has 0 nitrogen and oxygen atoms in total. The molecule has 2 aromatic rings. The minimum Gasteiger partial charge on any atom is -0.131 e. The topological polar surface area (TPSA) is 0 Å². The van der Waals surface area contributed by atoms with Gasteiger partial charge in [0.25, 0.3) is 0 Å². The van der Waals surface area contributed by atoms with Gasteiger partial charge in [0.1, 0.15) is 0 Å². The summed E-state index contributed by atoms with van der Waals surface area (Å²) in [6, 6.07) is 8.64. The Balaban J connectivity index is 2.39. The van der Waals surface area contributed by atoms with Gasteiger partial charge in [-0.2, -0.15) is 0 Å². The normalized spacial score (nSPS) is 12.8. The first kappa shape index (κ1) is 13.8. The van der Waals surface area contributed by atoms with E-state index in [4.69, 9.17) is 0 Å². The van der Waals surface area contributed by atoms with E-state index in [1.807, 2.05) is 0 Å². The van der Waals surface area contributed by atoms with Crippen molar-refractivity contribution in [2.75, 3.05) is 0 Å². The van der Waals surface area contributed by atoms with E-state index in [1.165, 1.54) is 25.4 Å². The molecule has 90 valence electrons. The Morgan fingerprint density at radius 1 is 1.06 bits per heavy atom. The number of halogens is 3. The molecular formula is C13H11Br3S. The van der Waals surface area contributed by atoms with Crippen LogP contribution in [0.2, 0.25) is 0 Å². The number of rotatable bonds is 2. The second kappa shape index (κ2) is 5.55. The van der Waals surface area contributed by atoms with E-state index in [1.54, 1.807) is 11.3 Å². The zero-order valence-corrected chi connectivity index (χ0v) is 15.0. The molecule has 2 rings (SSSR count). The highest BCUT2D eigenvalue weighted by Crippen LogP contribution is 2.40. The highest BCUT2D eigenvalue weighted by atomic mass is 79.9. The van der Waals surface area contributed by atoms with Crippen LogP contribution in [0.15, 0.2) is 32.5 Å². The van der Waals surface area contributed by atoms with Crippen molar-refractivity contribution in [3.05, 3.63) is 54.1 Å². The molecule has 0 saturated carbocycles. The molecule has 1 aromatic heterocycles. The van der Waals surface area contributed by atoms with Gasteiger partial charge in [-0.3, -0.25) is 0 Å². The fraction of sp³-hybridized carbons (Fsp3) is 0.231.